The smallest absolute Gasteiger partial charge is 0.199 e. The van der Waals surface area contributed by atoms with Crippen LogP contribution in [0.5, 0.6) is 0 Å². The summed E-state index contributed by atoms with van der Waals surface area (Å²) >= 11 is 5.29. The van der Waals surface area contributed by atoms with Gasteiger partial charge in [0.1, 0.15) is 0 Å². The van der Waals surface area contributed by atoms with E-state index in [0.29, 0.717) is 5.28 Å². The summed E-state index contributed by atoms with van der Waals surface area (Å²) in [6.45, 7) is 4.32. The number of rotatable bonds is 1. The topological polar surface area (TPSA) is 35.2 Å². The second-order valence-electron chi connectivity index (χ2n) is 2.98. The molecule has 1 aromatic rings. The summed E-state index contributed by atoms with van der Waals surface area (Å²) in [5.41, 5.74) is 0. The Labute approximate surface area is 89.2 Å². The second-order valence-corrected chi connectivity index (χ2v) is 3.34. The lowest BCUT2D eigenvalue weighted by Crippen LogP contribution is -2.21. The molecule has 1 N–H and O–H groups in total. The van der Waals surface area contributed by atoms with Crippen LogP contribution >= 0.6 is 11.6 Å². The van der Waals surface area contributed by atoms with Crippen LogP contribution in [0.4, 0.5) is 0 Å². The molecular formula is C9H15ClN4. The second kappa shape index (κ2) is 5.54. The van der Waals surface area contributed by atoms with Crippen molar-refractivity contribution in [2.75, 3.05) is 20.3 Å². The van der Waals surface area contributed by atoms with E-state index in [1.54, 1.807) is 12.4 Å². The van der Waals surface area contributed by atoms with Crippen molar-refractivity contribution in [3.8, 4) is 0 Å². The first kappa shape index (κ1) is 10.9. The van der Waals surface area contributed by atoms with Gasteiger partial charge in [0.2, 0.25) is 0 Å². The summed E-state index contributed by atoms with van der Waals surface area (Å²) in [6, 6.07) is 0. The van der Waals surface area contributed by atoms with E-state index in [4.69, 9.17) is 11.6 Å². The number of halogens is 1. The molecule has 0 saturated carbocycles. The minimum atomic E-state index is 0.440. The molecule has 4 nitrogen and oxygen atoms in total. The maximum absolute atomic E-state index is 5.29. The van der Waals surface area contributed by atoms with Crippen molar-refractivity contribution < 1.29 is 0 Å². The molecule has 0 saturated heterocycles. The SMILES string of the molecule is CCN1C=CN(C)C1.Clc1ncc[nH]1. The zero-order valence-corrected chi connectivity index (χ0v) is 9.20. The number of nitrogens with zero attached hydrogens (tertiary/aromatic N) is 3. The van der Waals surface area contributed by atoms with E-state index in [9.17, 15) is 0 Å². The van der Waals surface area contributed by atoms with Crippen molar-refractivity contribution in [1.29, 1.82) is 0 Å². The molecular weight excluding hydrogens is 200 g/mol. The molecule has 0 spiro atoms. The standard InChI is InChI=1S/C6H12N2.C3H3ClN2/c1-3-8-5-4-7(2)6-8;4-3-5-1-2-6-3/h4-5H,3,6H2,1-2H3;1-2H,(H,5,6). The Bertz CT molecular complexity index is 270. The first-order chi connectivity index (χ1) is 6.72. The van der Waals surface area contributed by atoms with E-state index < -0.39 is 0 Å². The summed E-state index contributed by atoms with van der Waals surface area (Å²) in [5.74, 6) is 0. The third kappa shape index (κ3) is 3.70. The fraction of sp³-hybridized carbons (Fsp3) is 0.444. The third-order valence-electron chi connectivity index (χ3n) is 1.81. The van der Waals surface area contributed by atoms with Gasteiger partial charge >= 0.3 is 0 Å². The molecule has 1 aromatic heterocycles. The summed E-state index contributed by atoms with van der Waals surface area (Å²) in [7, 11) is 2.08. The van der Waals surface area contributed by atoms with E-state index in [1.807, 2.05) is 0 Å². The molecule has 0 bridgehead atoms. The number of aromatic amines is 1. The molecule has 0 atom stereocenters. The molecule has 78 valence electrons. The van der Waals surface area contributed by atoms with Gasteiger partial charge in [0.15, 0.2) is 5.28 Å². The Morgan fingerprint density at radius 1 is 1.57 bits per heavy atom. The maximum atomic E-state index is 5.29. The van der Waals surface area contributed by atoms with Crippen molar-refractivity contribution in [1.82, 2.24) is 19.8 Å². The molecule has 0 radical (unpaired) electrons. The Balaban J connectivity index is 0.000000146. The first-order valence-corrected chi connectivity index (χ1v) is 4.87. The third-order valence-corrected chi connectivity index (χ3v) is 2.01. The summed E-state index contributed by atoms with van der Waals surface area (Å²) in [6.07, 6.45) is 7.47. The fourth-order valence-electron chi connectivity index (χ4n) is 1.04. The van der Waals surface area contributed by atoms with Crippen molar-refractivity contribution in [3.05, 3.63) is 30.1 Å². The molecule has 5 heteroatoms. The highest BCUT2D eigenvalue weighted by Crippen LogP contribution is 2.00. The largest absolute Gasteiger partial charge is 0.362 e. The molecule has 1 aliphatic heterocycles. The van der Waals surface area contributed by atoms with Crippen LogP contribution in [-0.4, -0.2) is 40.0 Å². The van der Waals surface area contributed by atoms with Crippen LogP contribution in [0.15, 0.2) is 24.8 Å². The molecule has 14 heavy (non-hydrogen) atoms. The van der Waals surface area contributed by atoms with E-state index in [1.165, 1.54) is 0 Å². The highest BCUT2D eigenvalue weighted by atomic mass is 35.5. The zero-order chi connectivity index (χ0) is 10.4. The van der Waals surface area contributed by atoms with Crippen molar-refractivity contribution in [2.45, 2.75) is 6.92 Å². The number of aromatic nitrogens is 2. The molecule has 0 unspecified atom stereocenters. The van der Waals surface area contributed by atoms with Gasteiger partial charge in [-0.25, -0.2) is 4.98 Å². The monoisotopic (exact) mass is 214 g/mol. The average Bonchev–Trinajstić information content (AvgIpc) is 2.77. The van der Waals surface area contributed by atoms with Crippen LogP contribution in [0.3, 0.4) is 0 Å². The van der Waals surface area contributed by atoms with Gasteiger partial charge in [-0.15, -0.1) is 0 Å². The van der Waals surface area contributed by atoms with Crippen LogP contribution < -0.4 is 0 Å². The van der Waals surface area contributed by atoms with Crippen molar-refractivity contribution in [2.24, 2.45) is 0 Å². The lowest BCUT2D eigenvalue weighted by Gasteiger charge is -2.14. The highest BCUT2D eigenvalue weighted by Gasteiger charge is 2.03. The van der Waals surface area contributed by atoms with Crippen molar-refractivity contribution in [3.63, 3.8) is 0 Å². The molecule has 0 amide bonds. The number of H-pyrrole nitrogens is 1. The molecule has 1 aliphatic rings. The summed E-state index contributed by atoms with van der Waals surface area (Å²) < 4.78 is 0. The molecule has 0 aromatic carbocycles. The summed E-state index contributed by atoms with van der Waals surface area (Å²) in [5, 5.41) is 0.440. The van der Waals surface area contributed by atoms with E-state index >= 15 is 0 Å². The van der Waals surface area contributed by atoms with E-state index in [-0.39, 0.29) is 0 Å². The van der Waals surface area contributed by atoms with E-state index in [2.05, 4.69) is 46.1 Å². The molecule has 2 rings (SSSR count). The lowest BCUT2D eigenvalue weighted by molar-refractivity contribution is 0.308. The predicted octanol–water partition coefficient (Wildman–Crippen LogP) is 1.75. The van der Waals surface area contributed by atoms with Gasteiger partial charge in [-0.05, 0) is 18.5 Å². The van der Waals surface area contributed by atoms with Crippen LogP contribution in [-0.2, 0) is 0 Å². The van der Waals surface area contributed by atoms with Crippen LogP contribution in [0.25, 0.3) is 0 Å². The number of nitrogens with one attached hydrogen (secondary N) is 1. The Morgan fingerprint density at radius 3 is 2.57 bits per heavy atom. The van der Waals surface area contributed by atoms with Gasteiger partial charge < -0.3 is 14.8 Å². The number of hydrogen-bond acceptors (Lipinski definition) is 3. The van der Waals surface area contributed by atoms with Crippen LogP contribution in [0.2, 0.25) is 5.28 Å². The minimum absolute atomic E-state index is 0.440. The summed E-state index contributed by atoms with van der Waals surface area (Å²) in [4.78, 5) is 10.7. The quantitative estimate of drug-likeness (QED) is 0.774. The van der Waals surface area contributed by atoms with Gasteiger partial charge in [-0.3, -0.25) is 0 Å². The van der Waals surface area contributed by atoms with Gasteiger partial charge in [-0.2, -0.15) is 0 Å². The number of hydrogen-bond donors (Lipinski definition) is 1. The maximum Gasteiger partial charge on any atom is 0.199 e. The average molecular weight is 215 g/mol. The number of imidazole rings is 1. The van der Waals surface area contributed by atoms with Crippen LogP contribution in [0.1, 0.15) is 6.92 Å². The molecule has 0 aliphatic carbocycles. The van der Waals surface area contributed by atoms with Gasteiger partial charge in [0, 0.05) is 38.4 Å². The Kier molecular flexibility index (Phi) is 4.32. The van der Waals surface area contributed by atoms with Crippen molar-refractivity contribution >= 4 is 11.6 Å². The molecule has 2 heterocycles. The Hall–Kier alpha value is -1.16. The zero-order valence-electron chi connectivity index (χ0n) is 8.44. The fourth-order valence-corrected chi connectivity index (χ4v) is 1.16. The van der Waals surface area contributed by atoms with Gasteiger partial charge in [0.05, 0.1) is 6.67 Å². The van der Waals surface area contributed by atoms with Crippen LogP contribution in [0, 0.1) is 0 Å². The normalized spacial score (nSPS) is 14.2. The highest BCUT2D eigenvalue weighted by molar-refractivity contribution is 6.28. The lowest BCUT2D eigenvalue weighted by atomic mass is 10.6. The first-order valence-electron chi connectivity index (χ1n) is 4.50. The van der Waals surface area contributed by atoms with E-state index in [0.717, 1.165) is 13.2 Å². The predicted molar refractivity (Wildman–Crippen MR) is 57.7 cm³/mol. The Morgan fingerprint density at radius 2 is 2.36 bits per heavy atom. The minimum Gasteiger partial charge on any atom is -0.362 e. The van der Waals surface area contributed by atoms with Gasteiger partial charge in [-0.1, -0.05) is 0 Å². The van der Waals surface area contributed by atoms with Gasteiger partial charge in [0.25, 0.3) is 0 Å². The molecule has 0 fully saturated rings.